The molecule has 11 heavy (non-hydrogen) atoms. The van der Waals surface area contributed by atoms with Crippen LogP contribution in [0.1, 0.15) is 6.42 Å². The van der Waals surface area contributed by atoms with Crippen LogP contribution in [-0.2, 0) is 9.53 Å². The van der Waals surface area contributed by atoms with Crippen LogP contribution in [0, 0.1) is 0 Å². The number of methoxy groups -OCH3 is 1. The van der Waals surface area contributed by atoms with Crippen LogP contribution in [0.2, 0.25) is 0 Å². The molecule has 0 aliphatic carbocycles. The summed E-state index contributed by atoms with van der Waals surface area (Å²) in [7, 11) is 1.35. The highest BCUT2D eigenvalue weighted by atomic mass is 35.5. The highest BCUT2D eigenvalue weighted by Crippen LogP contribution is 1.88. The van der Waals surface area contributed by atoms with Gasteiger partial charge in [-0.05, 0) is 6.08 Å². The van der Waals surface area contributed by atoms with E-state index in [4.69, 9.17) is 0 Å². The number of carbonyl (C=O) groups is 1. The van der Waals surface area contributed by atoms with Gasteiger partial charge in [-0.25, -0.2) is 4.79 Å². The Hall–Kier alpha value is -0.760. The Morgan fingerprint density at radius 2 is 2.45 bits per heavy atom. The smallest absolute Gasteiger partial charge is 0.364 e. The molecule has 0 heterocycles. The molecule has 1 atom stereocenters. The number of carbonyl (C=O) groups excluding carboxylic acids is 1. The summed E-state index contributed by atoms with van der Waals surface area (Å²) in [4.78, 5) is 10.7. The van der Waals surface area contributed by atoms with E-state index in [1.54, 1.807) is 6.08 Å². The lowest BCUT2D eigenvalue weighted by Crippen LogP contribution is -3.00. The van der Waals surface area contributed by atoms with Crippen LogP contribution < -0.4 is 18.1 Å². The normalized spacial score (nSPS) is 10.4. The number of halogens is 1. The van der Waals surface area contributed by atoms with E-state index in [-0.39, 0.29) is 24.4 Å². The lowest BCUT2D eigenvalue weighted by molar-refractivity contribution is -0.406. The second-order valence-corrected chi connectivity index (χ2v) is 1.86. The van der Waals surface area contributed by atoms with Crippen molar-refractivity contribution in [1.29, 1.82) is 0 Å². The Bertz CT molecular complexity index is 164. The van der Waals surface area contributed by atoms with E-state index in [0.717, 1.165) is 0 Å². The SMILES string of the molecule is C=C=CCC([NH3+])C(=O)OC.[Cl-]. The number of rotatable bonds is 3. The van der Waals surface area contributed by atoms with Gasteiger partial charge in [0.15, 0.2) is 6.04 Å². The Kier molecular flexibility index (Phi) is 8.60. The molecule has 0 aliphatic rings. The molecule has 0 aromatic carbocycles. The van der Waals surface area contributed by atoms with Crippen LogP contribution >= 0.6 is 0 Å². The minimum absolute atomic E-state index is 0. The summed E-state index contributed by atoms with van der Waals surface area (Å²) in [6.45, 7) is 3.36. The molecular weight excluding hydrogens is 166 g/mol. The van der Waals surface area contributed by atoms with Crippen molar-refractivity contribution in [1.82, 2.24) is 0 Å². The van der Waals surface area contributed by atoms with Gasteiger partial charge >= 0.3 is 5.97 Å². The van der Waals surface area contributed by atoms with E-state index in [1.165, 1.54) is 7.11 Å². The molecule has 0 saturated carbocycles. The minimum Gasteiger partial charge on any atom is -1.00 e. The number of ether oxygens (including phenoxy) is 1. The molecule has 1 unspecified atom stereocenters. The van der Waals surface area contributed by atoms with Crippen molar-refractivity contribution in [2.24, 2.45) is 0 Å². The first-order valence-electron chi connectivity index (χ1n) is 2.97. The van der Waals surface area contributed by atoms with E-state index in [2.05, 4.69) is 22.8 Å². The van der Waals surface area contributed by atoms with Crippen molar-refractivity contribution in [2.45, 2.75) is 12.5 Å². The zero-order chi connectivity index (χ0) is 7.98. The fourth-order valence-corrected chi connectivity index (χ4v) is 0.488. The quantitative estimate of drug-likeness (QED) is 0.360. The van der Waals surface area contributed by atoms with Gasteiger partial charge in [0, 0.05) is 6.42 Å². The molecule has 0 amide bonds. The molecule has 0 radical (unpaired) electrons. The second-order valence-electron chi connectivity index (χ2n) is 1.86. The van der Waals surface area contributed by atoms with Gasteiger partial charge in [-0.1, -0.05) is 6.58 Å². The number of hydrogen-bond acceptors (Lipinski definition) is 2. The van der Waals surface area contributed by atoms with E-state index in [9.17, 15) is 4.79 Å². The predicted molar refractivity (Wildman–Crippen MR) is 37.0 cm³/mol. The van der Waals surface area contributed by atoms with E-state index >= 15 is 0 Å². The molecule has 0 aromatic rings. The summed E-state index contributed by atoms with van der Waals surface area (Å²) >= 11 is 0. The predicted octanol–water partition coefficient (Wildman–Crippen LogP) is -3.49. The Labute approximate surface area is 72.3 Å². The zero-order valence-corrected chi connectivity index (χ0v) is 7.23. The lowest BCUT2D eigenvalue weighted by atomic mass is 10.2. The minimum atomic E-state index is -0.334. The molecule has 3 N–H and O–H groups in total. The fourth-order valence-electron chi connectivity index (χ4n) is 0.488. The molecule has 0 fully saturated rings. The van der Waals surface area contributed by atoms with E-state index < -0.39 is 0 Å². The largest absolute Gasteiger partial charge is 1.00 e. The van der Waals surface area contributed by atoms with Crippen LogP contribution in [0.3, 0.4) is 0 Å². The van der Waals surface area contributed by atoms with Crippen LogP contribution in [0.4, 0.5) is 0 Å². The molecule has 4 heteroatoms. The number of hydrogen-bond donors (Lipinski definition) is 1. The number of quaternary nitrogens is 1. The van der Waals surface area contributed by atoms with E-state index in [0.29, 0.717) is 6.42 Å². The van der Waals surface area contributed by atoms with Crippen molar-refractivity contribution in [3.8, 4) is 0 Å². The highest BCUT2D eigenvalue weighted by molar-refractivity contribution is 5.73. The molecule has 0 spiro atoms. The summed E-state index contributed by atoms with van der Waals surface area (Å²) in [5, 5.41) is 0. The molecule has 0 saturated heterocycles. The average molecular weight is 178 g/mol. The first kappa shape index (κ1) is 12.9. The molecule has 0 aliphatic heterocycles. The van der Waals surface area contributed by atoms with E-state index in [1.807, 2.05) is 0 Å². The summed E-state index contributed by atoms with van der Waals surface area (Å²) in [5.74, 6) is -0.300. The number of esters is 1. The molecule has 0 aromatic heterocycles. The summed E-state index contributed by atoms with van der Waals surface area (Å²) < 4.78 is 4.44. The van der Waals surface area contributed by atoms with Gasteiger partial charge in [0.25, 0.3) is 0 Å². The maximum atomic E-state index is 10.7. The third kappa shape index (κ3) is 5.67. The summed E-state index contributed by atoms with van der Waals surface area (Å²) in [6, 6.07) is -0.334. The average Bonchev–Trinajstić information content (AvgIpc) is 1.98. The van der Waals surface area contributed by atoms with Gasteiger partial charge in [-0.15, -0.1) is 5.73 Å². The molecular formula is C7H12ClNO2. The topological polar surface area (TPSA) is 53.9 Å². The maximum Gasteiger partial charge on any atom is 0.364 e. The fraction of sp³-hybridized carbons (Fsp3) is 0.429. The van der Waals surface area contributed by atoms with Crippen LogP contribution in [0.15, 0.2) is 18.4 Å². The summed E-state index contributed by atoms with van der Waals surface area (Å²) in [5.41, 5.74) is 6.13. The molecule has 0 bridgehead atoms. The van der Waals surface area contributed by atoms with Gasteiger partial charge in [-0.3, -0.25) is 0 Å². The highest BCUT2D eigenvalue weighted by Gasteiger charge is 2.14. The third-order valence-corrected chi connectivity index (χ3v) is 1.08. The van der Waals surface area contributed by atoms with Crippen LogP contribution in [0.5, 0.6) is 0 Å². The van der Waals surface area contributed by atoms with Crippen LogP contribution in [-0.4, -0.2) is 19.1 Å². The van der Waals surface area contributed by atoms with Crippen LogP contribution in [0.25, 0.3) is 0 Å². The molecule has 3 nitrogen and oxygen atoms in total. The first-order valence-corrected chi connectivity index (χ1v) is 2.97. The van der Waals surface area contributed by atoms with Crippen molar-refractivity contribution >= 4 is 5.97 Å². The Morgan fingerprint density at radius 3 is 2.82 bits per heavy atom. The zero-order valence-electron chi connectivity index (χ0n) is 6.47. The molecule has 64 valence electrons. The lowest BCUT2D eigenvalue weighted by Gasteiger charge is -2.00. The van der Waals surface area contributed by atoms with Gasteiger partial charge in [0.1, 0.15) is 0 Å². The third-order valence-electron chi connectivity index (χ3n) is 1.08. The van der Waals surface area contributed by atoms with Crippen molar-refractivity contribution in [3.63, 3.8) is 0 Å². The Balaban J connectivity index is 0. The van der Waals surface area contributed by atoms with Crippen molar-refractivity contribution in [2.75, 3.05) is 7.11 Å². The van der Waals surface area contributed by atoms with Gasteiger partial charge in [0.05, 0.1) is 7.11 Å². The van der Waals surface area contributed by atoms with Gasteiger partial charge in [0.2, 0.25) is 0 Å². The van der Waals surface area contributed by atoms with Crippen molar-refractivity contribution < 1.29 is 27.7 Å². The van der Waals surface area contributed by atoms with Gasteiger partial charge < -0.3 is 22.9 Å². The summed E-state index contributed by atoms with van der Waals surface area (Å²) in [6.07, 6.45) is 2.20. The maximum absolute atomic E-state index is 10.7. The standard InChI is InChI=1S/C7H11NO2.ClH/c1-3-4-5-6(8)7(9)10-2;/h4,6H,1,5,8H2,2H3;1H. The first-order chi connectivity index (χ1) is 4.72. The molecule has 0 rings (SSSR count). The second kappa shape index (κ2) is 7.35. The monoisotopic (exact) mass is 177 g/mol. The van der Waals surface area contributed by atoms with Crippen molar-refractivity contribution in [3.05, 3.63) is 18.4 Å². The Morgan fingerprint density at radius 1 is 1.91 bits per heavy atom. The van der Waals surface area contributed by atoms with Gasteiger partial charge in [-0.2, -0.15) is 0 Å².